The zero-order valence-electron chi connectivity index (χ0n) is 17.7. The van der Waals surface area contributed by atoms with Crippen molar-refractivity contribution in [2.75, 3.05) is 40.3 Å². The number of hydrogen-bond acceptors (Lipinski definition) is 6. The van der Waals surface area contributed by atoms with Crippen molar-refractivity contribution in [3.63, 3.8) is 0 Å². The molecule has 0 spiro atoms. The van der Waals surface area contributed by atoms with Crippen molar-refractivity contribution in [3.8, 4) is 11.5 Å². The van der Waals surface area contributed by atoms with Crippen molar-refractivity contribution < 1.29 is 18.6 Å². The zero-order chi connectivity index (χ0) is 22.2. The molecule has 0 bridgehead atoms. The van der Waals surface area contributed by atoms with E-state index < -0.39 is 13.8 Å². The number of rotatable bonds is 9. The molecule has 4 rings (SSSR count). The van der Waals surface area contributed by atoms with Crippen LogP contribution >= 0.6 is 7.67 Å². The highest BCUT2D eigenvalue weighted by Crippen LogP contribution is 2.63. The molecule has 164 valence electrons. The fraction of sp³-hybridized carbons (Fsp3) is 0.381. The second-order valence-corrected chi connectivity index (χ2v) is 10.1. The third-order valence-corrected chi connectivity index (χ3v) is 7.94. The number of nitroso groups, excluding NO2 is 1. The summed E-state index contributed by atoms with van der Waals surface area (Å²) in [5.74, 6) is 0.490. The van der Waals surface area contributed by atoms with Gasteiger partial charge in [-0.2, -0.15) is 0 Å². The molecule has 0 aromatic heterocycles. The van der Waals surface area contributed by atoms with E-state index in [1.165, 1.54) is 4.90 Å². The third-order valence-electron chi connectivity index (χ3n) is 5.12. The lowest BCUT2D eigenvalue weighted by molar-refractivity contribution is 0.0827. The first-order chi connectivity index (χ1) is 14.8. The molecule has 2 heterocycles. The van der Waals surface area contributed by atoms with E-state index in [9.17, 15) is 14.3 Å². The minimum absolute atomic E-state index is 0.125. The van der Waals surface area contributed by atoms with Gasteiger partial charge >= 0.3 is 7.67 Å². The van der Waals surface area contributed by atoms with Gasteiger partial charge in [-0.1, -0.05) is 12.1 Å². The molecule has 1 atom stereocenters. The Balaban J connectivity index is 1.57. The molecule has 2 aliphatic heterocycles. The van der Waals surface area contributed by atoms with Gasteiger partial charge in [0.15, 0.2) is 11.4 Å². The summed E-state index contributed by atoms with van der Waals surface area (Å²) in [5.41, 5.74) is 1.31. The summed E-state index contributed by atoms with van der Waals surface area (Å²) in [7, 11) is 0.350. The van der Waals surface area contributed by atoms with E-state index in [1.807, 2.05) is 16.3 Å². The zero-order valence-corrected chi connectivity index (χ0v) is 18.6. The highest BCUT2D eigenvalue weighted by molar-refractivity contribution is 7.54. The maximum Gasteiger partial charge on any atom is 0.346 e. The lowest BCUT2D eigenvalue weighted by Gasteiger charge is -2.24. The van der Waals surface area contributed by atoms with Gasteiger partial charge < -0.3 is 9.64 Å². The Kier molecular flexibility index (Phi) is 5.94. The van der Waals surface area contributed by atoms with Crippen molar-refractivity contribution >= 4 is 19.3 Å². The number of carbonyl (C=O) groups excluding carboxylic acids is 1. The first kappa shape index (κ1) is 21.6. The number of amides is 1. The molecule has 2 aromatic rings. The SMILES string of the molecule is C[C@H](OP(=O)(N1CC1)N1CC1)c1ccc(N=O)c(Oc2cccc(C(=O)N(C)C)c2)c1. The molecule has 2 saturated heterocycles. The molecule has 2 aliphatic rings. The minimum atomic E-state index is -2.99. The normalized spacial score (nSPS) is 17.1. The average molecular weight is 444 g/mol. The summed E-state index contributed by atoms with van der Waals surface area (Å²) >= 11 is 0. The van der Waals surface area contributed by atoms with Gasteiger partial charge in [-0.25, -0.2) is 9.34 Å². The van der Waals surface area contributed by atoms with Crippen LogP contribution in [0.2, 0.25) is 0 Å². The Bertz CT molecular complexity index is 1040. The molecule has 1 amide bonds. The first-order valence-electron chi connectivity index (χ1n) is 10.1. The number of hydrogen-bond donors (Lipinski definition) is 0. The maximum atomic E-state index is 13.3. The van der Waals surface area contributed by atoms with Crippen LogP contribution in [0.3, 0.4) is 0 Å². The van der Waals surface area contributed by atoms with Crippen molar-refractivity contribution in [1.29, 1.82) is 0 Å². The molecule has 10 heteroatoms. The van der Waals surface area contributed by atoms with Crippen LogP contribution in [0.4, 0.5) is 5.69 Å². The monoisotopic (exact) mass is 444 g/mol. The van der Waals surface area contributed by atoms with Crippen molar-refractivity contribution in [2.24, 2.45) is 5.18 Å². The highest BCUT2D eigenvalue weighted by atomic mass is 31.2. The summed E-state index contributed by atoms with van der Waals surface area (Å²) in [6.45, 7) is 4.90. The van der Waals surface area contributed by atoms with E-state index >= 15 is 0 Å². The predicted molar refractivity (Wildman–Crippen MR) is 117 cm³/mol. The van der Waals surface area contributed by atoms with E-state index in [2.05, 4.69) is 5.18 Å². The lowest BCUT2D eigenvalue weighted by atomic mass is 10.1. The number of nitrogens with zero attached hydrogens (tertiary/aromatic N) is 4. The van der Waals surface area contributed by atoms with Crippen LogP contribution in [0.15, 0.2) is 47.6 Å². The third kappa shape index (κ3) is 4.70. The van der Waals surface area contributed by atoms with Gasteiger partial charge in [-0.15, -0.1) is 4.91 Å². The van der Waals surface area contributed by atoms with E-state index in [0.717, 1.165) is 26.2 Å². The number of benzene rings is 2. The predicted octanol–water partition coefficient (Wildman–Crippen LogP) is 4.40. The smallest absolute Gasteiger partial charge is 0.346 e. The van der Waals surface area contributed by atoms with Crippen LogP contribution in [0.25, 0.3) is 0 Å². The van der Waals surface area contributed by atoms with Gasteiger partial charge in [0.1, 0.15) is 5.75 Å². The summed E-state index contributed by atoms with van der Waals surface area (Å²) in [5, 5.41) is 3.04. The largest absolute Gasteiger partial charge is 0.455 e. The fourth-order valence-corrected chi connectivity index (χ4v) is 5.54. The summed E-state index contributed by atoms with van der Waals surface area (Å²) in [6, 6.07) is 11.6. The van der Waals surface area contributed by atoms with E-state index in [-0.39, 0.29) is 17.3 Å². The topological polar surface area (TPSA) is 91.3 Å². The lowest BCUT2D eigenvalue weighted by Crippen LogP contribution is -2.21. The van der Waals surface area contributed by atoms with E-state index in [4.69, 9.17) is 9.26 Å². The Morgan fingerprint density at radius 2 is 1.77 bits per heavy atom. The second kappa shape index (κ2) is 8.51. The molecular weight excluding hydrogens is 419 g/mol. The van der Waals surface area contributed by atoms with Gasteiger partial charge in [0, 0.05) is 45.8 Å². The van der Waals surface area contributed by atoms with Crippen LogP contribution < -0.4 is 4.74 Å². The first-order valence-corrected chi connectivity index (χ1v) is 11.6. The Labute approximate surface area is 181 Å². The van der Waals surface area contributed by atoms with E-state index in [1.54, 1.807) is 56.6 Å². The second-order valence-electron chi connectivity index (χ2n) is 7.79. The molecule has 0 saturated carbocycles. The fourth-order valence-electron chi connectivity index (χ4n) is 3.19. The molecule has 2 fully saturated rings. The molecule has 0 unspecified atom stereocenters. The van der Waals surface area contributed by atoms with Gasteiger partial charge in [0.25, 0.3) is 5.91 Å². The van der Waals surface area contributed by atoms with Crippen LogP contribution in [-0.2, 0) is 9.09 Å². The molecular formula is C21H25N4O5P. The average Bonchev–Trinajstić information content (AvgIpc) is 3.65. The minimum Gasteiger partial charge on any atom is -0.455 e. The molecule has 9 nitrogen and oxygen atoms in total. The van der Waals surface area contributed by atoms with Crippen LogP contribution in [-0.4, -0.2) is 60.4 Å². The van der Waals surface area contributed by atoms with E-state index in [0.29, 0.717) is 16.9 Å². The highest BCUT2D eigenvalue weighted by Gasteiger charge is 2.50. The van der Waals surface area contributed by atoms with Crippen molar-refractivity contribution in [2.45, 2.75) is 13.0 Å². The number of carbonyl (C=O) groups is 1. The Morgan fingerprint density at radius 3 is 2.35 bits per heavy atom. The van der Waals surface area contributed by atoms with Gasteiger partial charge in [0.2, 0.25) is 0 Å². The Morgan fingerprint density at radius 1 is 1.10 bits per heavy atom. The molecule has 0 aliphatic carbocycles. The standard InChI is InChI=1S/C21H25N4O5P/c1-15(30-31(28,24-9-10-24)25-11-12-25)16-7-8-19(22-27)20(14-16)29-18-6-4-5-17(13-18)21(26)23(2)3/h4-8,13-15H,9-12H2,1-3H3/t15-/m0/s1. The van der Waals surface area contributed by atoms with Crippen molar-refractivity contribution in [3.05, 3.63) is 58.5 Å². The molecule has 31 heavy (non-hydrogen) atoms. The van der Waals surface area contributed by atoms with Crippen LogP contribution in [0.5, 0.6) is 11.5 Å². The van der Waals surface area contributed by atoms with Crippen LogP contribution in [0.1, 0.15) is 28.9 Å². The van der Waals surface area contributed by atoms with Gasteiger partial charge in [-0.05, 0) is 48.0 Å². The summed E-state index contributed by atoms with van der Waals surface area (Å²) < 4.78 is 28.9. The maximum absolute atomic E-state index is 13.3. The molecule has 2 aromatic carbocycles. The van der Waals surface area contributed by atoms with Crippen LogP contribution in [0, 0.1) is 4.91 Å². The van der Waals surface area contributed by atoms with Gasteiger partial charge in [-0.3, -0.25) is 13.9 Å². The summed E-state index contributed by atoms with van der Waals surface area (Å²) in [6.07, 6.45) is -0.475. The molecule has 0 N–H and O–H groups in total. The quantitative estimate of drug-likeness (QED) is 0.322. The number of ether oxygens (including phenoxy) is 1. The van der Waals surface area contributed by atoms with Crippen molar-refractivity contribution in [1.82, 2.24) is 14.2 Å². The Hall–Kier alpha value is -2.58. The molecule has 0 radical (unpaired) electrons. The summed E-state index contributed by atoms with van der Waals surface area (Å²) in [4.78, 5) is 25.0. The van der Waals surface area contributed by atoms with Gasteiger partial charge in [0.05, 0.1) is 6.10 Å².